The molecule has 2 aromatic carbocycles. The lowest BCUT2D eigenvalue weighted by atomic mass is 9.45. The van der Waals surface area contributed by atoms with Crippen LogP contribution in [0.5, 0.6) is 0 Å². The van der Waals surface area contributed by atoms with Gasteiger partial charge < -0.3 is 20.4 Å². The number of aromatic nitrogens is 2. The van der Waals surface area contributed by atoms with Crippen LogP contribution in [0, 0.1) is 35.9 Å². The molecule has 4 aliphatic rings. The average Bonchev–Trinajstić information content (AvgIpc) is 2.97. The van der Waals surface area contributed by atoms with E-state index in [1.165, 1.54) is 23.4 Å². The summed E-state index contributed by atoms with van der Waals surface area (Å²) in [5.41, 5.74) is 2.89. The molecule has 230 valence electrons. The van der Waals surface area contributed by atoms with E-state index in [2.05, 4.69) is 36.4 Å². The quantitative estimate of drug-likeness (QED) is 0.257. The van der Waals surface area contributed by atoms with E-state index in [0.29, 0.717) is 71.6 Å². The van der Waals surface area contributed by atoms with E-state index in [9.17, 15) is 19.4 Å². The fourth-order valence-electron chi connectivity index (χ4n) is 7.47. The second kappa shape index (κ2) is 11.6. The van der Waals surface area contributed by atoms with Gasteiger partial charge in [0.2, 0.25) is 0 Å². The van der Waals surface area contributed by atoms with Gasteiger partial charge >= 0.3 is 0 Å². The Morgan fingerprint density at radius 1 is 1.21 bits per heavy atom. The molecule has 3 saturated carbocycles. The lowest BCUT2D eigenvalue weighted by molar-refractivity contribution is -0.108. The predicted molar refractivity (Wildman–Crippen MR) is 166 cm³/mol. The highest BCUT2D eigenvalue weighted by Gasteiger charge is 2.56. The zero-order valence-electron chi connectivity index (χ0n) is 25.4. The molecule has 1 aromatic heterocycles. The van der Waals surface area contributed by atoms with Crippen molar-refractivity contribution in [2.45, 2.75) is 71.8 Å². The third-order valence-corrected chi connectivity index (χ3v) is 10.3. The van der Waals surface area contributed by atoms with Crippen LogP contribution in [0.4, 0.5) is 10.1 Å². The molecule has 2 heterocycles. The Morgan fingerprint density at radius 2 is 2.02 bits per heavy atom. The molecule has 7 rings (SSSR count). The van der Waals surface area contributed by atoms with Crippen LogP contribution in [-0.4, -0.2) is 68.6 Å². The maximum atomic E-state index is 14.3. The molecule has 1 unspecified atom stereocenters. The molecule has 9 nitrogen and oxygen atoms in total. The number of benzene rings is 2. The van der Waals surface area contributed by atoms with Crippen molar-refractivity contribution in [2.75, 3.05) is 25.0 Å². The monoisotopic (exact) mass is 590 g/mol. The molecule has 3 aliphatic carbocycles. The molecule has 0 radical (unpaired) electrons. The van der Waals surface area contributed by atoms with Crippen molar-refractivity contribution in [1.29, 1.82) is 0 Å². The van der Waals surface area contributed by atoms with Crippen molar-refractivity contribution in [3.8, 4) is 0 Å². The molecule has 43 heavy (non-hydrogen) atoms. The first-order valence-corrected chi connectivity index (χ1v) is 15.4. The highest BCUT2D eigenvalue weighted by atomic mass is 19.1. The van der Waals surface area contributed by atoms with Crippen LogP contribution < -0.4 is 16.2 Å². The Labute approximate surface area is 251 Å². The number of nitrogens with one attached hydrogen (secondary N) is 2. The van der Waals surface area contributed by atoms with Crippen molar-refractivity contribution in [3.05, 3.63) is 70.0 Å². The molecule has 10 heteroatoms. The van der Waals surface area contributed by atoms with Gasteiger partial charge in [-0.15, -0.1) is 0 Å². The van der Waals surface area contributed by atoms with E-state index in [1.54, 1.807) is 12.1 Å². The summed E-state index contributed by atoms with van der Waals surface area (Å²) in [6, 6.07) is 10.5. The zero-order valence-corrected chi connectivity index (χ0v) is 25.4. The fraction of sp³-hybridized carbons (Fsp3) is 0.545. The van der Waals surface area contributed by atoms with Gasteiger partial charge in [-0.1, -0.05) is 32.9 Å². The highest BCUT2D eigenvalue weighted by Crippen LogP contribution is 2.61. The molecule has 4 fully saturated rings. The van der Waals surface area contributed by atoms with E-state index in [-0.39, 0.29) is 30.1 Å². The number of guanidine groups is 1. The number of aliphatic hydroxyl groups is 2. The summed E-state index contributed by atoms with van der Waals surface area (Å²) in [5, 5.41) is 27.3. The standard InChI is InChI=1S/C33H43FN6O3/c1-19-5-6-21(27(34)11-19)9-10-39-18-35-29-14-23(7-8-25(29)31(39)43)37-32(40-15-24(17-41)36-30(42)16-40)38-28-13-22-12-26(20(28)2)33(22,3)4/h5-8,11,14,18,20,22,24,26,28,30,36,41-42H,9-10,12-13,15-17H2,1-4H3,(H,37,38)/t20-,22-,24?,26+,28-,30-/m0/s1. The van der Waals surface area contributed by atoms with Gasteiger partial charge in [-0.25, -0.2) is 14.4 Å². The topological polar surface area (TPSA) is 115 Å². The Morgan fingerprint density at radius 3 is 2.74 bits per heavy atom. The van der Waals surface area contributed by atoms with Crippen molar-refractivity contribution < 1.29 is 14.6 Å². The molecule has 3 aromatic rings. The molecular weight excluding hydrogens is 547 g/mol. The second-order valence-electron chi connectivity index (χ2n) is 13.4. The van der Waals surface area contributed by atoms with E-state index >= 15 is 0 Å². The maximum Gasteiger partial charge on any atom is 0.261 e. The van der Waals surface area contributed by atoms with Crippen LogP contribution >= 0.6 is 0 Å². The largest absolute Gasteiger partial charge is 0.395 e. The Balaban J connectivity index is 1.25. The summed E-state index contributed by atoms with van der Waals surface area (Å²) in [5.74, 6) is 2.11. The summed E-state index contributed by atoms with van der Waals surface area (Å²) in [6.45, 7) is 9.95. The Bertz CT molecular complexity index is 1590. The molecule has 0 spiro atoms. The molecular formula is C33H43FN6O3. The van der Waals surface area contributed by atoms with Crippen molar-refractivity contribution in [2.24, 2.45) is 28.2 Å². The number of fused-ring (bicyclic) bond motifs is 3. The Kier molecular flexibility index (Phi) is 8.04. The normalized spacial score (nSPS) is 28.5. The van der Waals surface area contributed by atoms with Crippen molar-refractivity contribution in [1.82, 2.24) is 19.8 Å². The van der Waals surface area contributed by atoms with Gasteiger partial charge in [0.25, 0.3) is 5.56 Å². The first-order chi connectivity index (χ1) is 20.5. The summed E-state index contributed by atoms with van der Waals surface area (Å²) in [4.78, 5) is 25.1. The number of aliphatic hydroxyl groups excluding tert-OH is 2. The number of nitrogens with zero attached hydrogens (tertiary/aromatic N) is 4. The number of halogens is 1. The van der Waals surface area contributed by atoms with Crippen molar-refractivity contribution in [3.63, 3.8) is 0 Å². The number of anilines is 1. The molecule has 0 amide bonds. The summed E-state index contributed by atoms with van der Waals surface area (Å²) >= 11 is 0. The number of piperazine rings is 1. The summed E-state index contributed by atoms with van der Waals surface area (Å²) in [6.07, 6.45) is 3.41. The van der Waals surface area contributed by atoms with Crippen LogP contribution in [0.3, 0.4) is 0 Å². The number of hydrogen-bond acceptors (Lipinski definition) is 6. The van der Waals surface area contributed by atoms with Gasteiger partial charge in [0, 0.05) is 24.8 Å². The zero-order chi connectivity index (χ0) is 30.5. The van der Waals surface area contributed by atoms with Crippen LogP contribution in [0.1, 0.15) is 44.7 Å². The first kappa shape index (κ1) is 29.7. The van der Waals surface area contributed by atoms with Crippen molar-refractivity contribution >= 4 is 22.5 Å². The van der Waals surface area contributed by atoms with E-state index in [4.69, 9.17) is 4.99 Å². The average molecular weight is 591 g/mol. The highest BCUT2D eigenvalue weighted by molar-refractivity contribution is 5.96. The molecule has 6 atom stereocenters. The minimum atomic E-state index is -0.792. The molecule has 1 aliphatic heterocycles. The van der Waals surface area contributed by atoms with E-state index < -0.39 is 6.23 Å². The molecule has 4 N–H and O–H groups in total. The minimum absolute atomic E-state index is 0.0955. The number of aryl methyl sites for hydroxylation is 3. The van der Waals surface area contributed by atoms with E-state index in [1.807, 2.05) is 30.0 Å². The van der Waals surface area contributed by atoms with Gasteiger partial charge in [0.15, 0.2) is 5.96 Å². The molecule has 2 bridgehead atoms. The van der Waals surface area contributed by atoms with Gasteiger partial charge in [-0.2, -0.15) is 0 Å². The minimum Gasteiger partial charge on any atom is -0.395 e. The van der Waals surface area contributed by atoms with Crippen LogP contribution in [0.15, 0.2) is 52.5 Å². The second-order valence-corrected chi connectivity index (χ2v) is 13.4. The third-order valence-electron chi connectivity index (χ3n) is 10.3. The molecule has 1 saturated heterocycles. The van der Waals surface area contributed by atoms with Gasteiger partial charge in [0.1, 0.15) is 12.0 Å². The first-order valence-electron chi connectivity index (χ1n) is 15.4. The number of hydrogen-bond donors (Lipinski definition) is 4. The van der Waals surface area contributed by atoms with Crippen LogP contribution in [0.25, 0.3) is 10.9 Å². The van der Waals surface area contributed by atoms with Gasteiger partial charge in [0.05, 0.1) is 36.4 Å². The SMILES string of the molecule is Cc1ccc(CCn2cnc3cc(N/C(=N/[C@H]4C[C@@H]5C[C@H]([C@@H]4C)C5(C)C)N4CC(CO)N[C@@H](O)C4)ccc3c2=O)c(F)c1. The van der Waals surface area contributed by atoms with E-state index in [0.717, 1.165) is 17.7 Å². The summed E-state index contributed by atoms with van der Waals surface area (Å²) < 4.78 is 15.8. The number of rotatable bonds is 6. The van der Waals surface area contributed by atoms with Crippen LogP contribution in [-0.2, 0) is 13.0 Å². The lowest BCUT2D eigenvalue weighted by Gasteiger charge is -2.61. The third kappa shape index (κ3) is 5.80. The number of β-amino-alcohol motifs (C(OH)–C–C–N with tert-alkyl or cyclic N) is 1. The number of aliphatic imine (C=N–C) groups is 1. The maximum absolute atomic E-state index is 14.3. The van der Waals surface area contributed by atoms with Gasteiger partial charge in [-0.05, 0) is 84.7 Å². The van der Waals surface area contributed by atoms with Crippen LogP contribution in [0.2, 0.25) is 0 Å². The lowest BCUT2D eigenvalue weighted by Crippen LogP contribution is -2.61. The fourth-order valence-corrected chi connectivity index (χ4v) is 7.47. The predicted octanol–water partition coefficient (Wildman–Crippen LogP) is 3.51. The summed E-state index contributed by atoms with van der Waals surface area (Å²) in [7, 11) is 0. The Hall–Kier alpha value is -3.34. The smallest absolute Gasteiger partial charge is 0.261 e. The van der Waals surface area contributed by atoms with Gasteiger partial charge in [-0.3, -0.25) is 14.7 Å².